The second kappa shape index (κ2) is 4.98. The van der Waals surface area contributed by atoms with Crippen molar-refractivity contribution in [3.05, 3.63) is 23.7 Å². The predicted octanol–water partition coefficient (Wildman–Crippen LogP) is 2.25. The molecule has 15 heavy (non-hydrogen) atoms. The van der Waals surface area contributed by atoms with Crippen molar-refractivity contribution in [3.8, 4) is 0 Å². The Morgan fingerprint density at radius 2 is 2.20 bits per heavy atom. The largest absolute Gasteiger partial charge is 0.481 e. The number of furan rings is 1. The molecule has 4 nitrogen and oxygen atoms in total. The van der Waals surface area contributed by atoms with Crippen LogP contribution in [-0.2, 0) is 16.1 Å². The number of aliphatic carboxylic acids is 1. The van der Waals surface area contributed by atoms with Crippen molar-refractivity contribution in [2.75, 3.05) is 7.11 Å². The van der Waals surface area contributed by atoms with E-state index >= 15 is 0 Å². The summed E-state index contributed by atoms with van der Waals surface area (Å²) < 4.78 is 10.3. The molecular formula is C11H16O4. The number of carbonyl (C=O) groups is 1. The zero-order chi connectivity index (χ0) is 11.4. The van der Waals surface area contributed by atoms with Crippen LogP contribution in [0, 0.1) is 5.92 Å². The molecule has 0 spiro atoms. The van der Waals surface area contributed by atoms with Gasteiger partial charge < -0.3 is 14.3 Å². The van der Waals surface area contributed by atoms with E-state index in [1.54, 1.807) is 19.2 Å². The van der Waals surface area contributed by atoms with Crippen molar-refractivity contribution in [3.63, 3.8) is 0 Å². The molecule has 0 fully saturated rings. The Balaban J connectivity index is 2.87. The molecule has 84 valence electrons. The fraction of sp³-hybridized carbons (Fsp3) is 0.545. The third-order valence-corrected chi connectivity index (χ3v) is 2.21. The molecule has 1 unspecified atom stereocenters. The molecular weight excluding hydrogens is 196 g/mol. The van der Waals surface area contributed by atoms with Gasteiger partial charge in [-0.15, -0.1) is 0 Å². The van der Waals surface area contributed by atoms with Crippen molar-refractivity contribution < 1.29 is 19.1 Å². The number of carboxylic acids is 1. The van der Waals surface area contributed by atoms with Gasteiger partial charge in [-0.25, -0.2) is 0 Å². The minimum absolute atomic E-state index is 0.00375. The van der Waals surface area contributed by atoms with Crippen molar-refractivity contribution in [2.24, 2.45) is 5.92 Å². The molecule has 0 aliphatic heterocycles. The second-order valence-corrected chi connectivity index (χ2v) is 3.80. The summed E-state index contributed by atoms with van der Waals surface area (Å²) >= 11 is 0. The molecule has 0 aromatic carbocycles. The molecule has 1 rings (SSSR count). The summed E-state index contributed by atoms with van der Waals surface area (Å²) in [6, 6.07) is 3.45. The fourth-order valence-electron chi connectivity index (χ4n) is 1.52. The minimum atomic E-state index is -0.858. The first kappa shape index (κ1) is 11.8. The Hall–Kier alpha value is -1.29. The van der Waals surface area contributed by atoms with E-state index in [2.05, 4.69) is 0 Å². The molecule has 1 aromatic heterocycles. The molecule has 0 radical (unpaired) electrons. The molecule has 1 N–H and O–H groups in total. The number of methoxy groups -OCH3 is 1. The van der Waals surface area contributed by atoms with Crippen LogP contribution in [0.1, 0.15) is 31.3 Å². The Bertz CT molecular complexity index is 327. The monoisotopic (exact) mass is 212 g/mol. The van der Waals surface area contributed by atoms with Gasteiger partial charge in [0.15, 0.2) is 0 Å². The molecule has 0 bridgehead atoms. The maximum Gasteiger partial charge on any atom is 0.314 e. The highest BCUT2D eigenvalue weighted by Gasteiger charge is 2.26. The lowest BCUT2D eigenvalue weighted by Crippen LogP contribution is -2.16. The number of carboxylic acid groups (broad SMARTS) is 1. The average Bonchev–Trinajstić information content (AvgIpc) is 2.52. The quantitative estimate of drug-likeness (QED) is 0.813. The van der Waals surface area contributed by atoms with Gasteiger partial charge >= 0.3 is 5.97 Å². The summed E-state index contributed by atoms with van der Waals surface area (Å²) in [7, 11) is 1.57. The molecule has 0 amide bonds. The van der Waals surface area contributed by atoms with Gasteiger partial charge in [-0.1, -0.05) is 13.8 Å². The number of rotatable bonds is 5. The first-order chi connectivity index (χ1) is 7.06. The second-order valence-electron chi connectivity index (χ2n) is 3.80. The van der Waals surface area contributed by atoms with E-state index in [0.717, 1.165) is 0 Å². The van der Waals surface area contributed by atoms with Crippen LogP contribution in [0.15, 0.2) is 16.5 Å². The zero-order valence-electron chi connectivity index (χ0n) is 9.19. The zero-order valence-corrected chi connectivity index (χ0v) is 9.19. The topological polar surface area (TPSA) is 59.7 Å². The molecule has 1 aromatic rings. The van der Waals surface area contributed by atoms with Crippen LogP contribution in [0.3, 0.4) is 0 Å². The minimum Gasteiger partial charge on any atom is -0.481 e. The lowest BCUT2D eigenvalue weighted by Gasteiger charge is -2.12. The lowest BCUT2D eigenvalue weighted by molar-refractivity contribution is -0.140. The van der Waals surface area contributed by atoms with Gasteiger partial charge in [0.1, 0.15) is 24.0 Å². The molecule has 0 aliphatic rings. The smallest absolute Gasteiger partial charge is 0.314 e. The fourth-order valence-corrected chi connectivity index (χ4v) is 1.52. The maximum atomic E-state index is 11.0. The van der Waals surface area contributed by atoms with Gasteiger partial charge in [-0.2, -0.15) is 0 Å². The molecule has 0 aliphatic carbocycles. The Morgan fingerprint density at radius 3 is 2.67 bits per heavy atom. The van der Waals surface area contributed by atoms with Crippen LogP contribution in [-0.4, -0.2) is 18.2 Å². The molecule has 0 saturated carbocycles. The highest BCUT2D eigenvalue weighted by molar-refractivity contribution is 5.75. The maximum absolute atomic E-state index is 11.0. The highest BCUT2D eigenvalue weighted by atomic mass is 16.5. The van der Waals surface area contributed by atoms with Crippen LogP contribution in [0.5, 0.6) is 0 Å². The number of ether oxygens (including phenoxy) is 1. The van der Waals surface area contributed by atoms with Gasteiger partial charge in [0.05, 0.1) is 0 Å². The van der Waals surface area contributed by atoms with E-state index in [0.29, 0.717) is 18.1 Å². The van der Waals surface area contributed by atoms with Crippen LogP contribution in [0.2, 0.25) is 0 Å². The average molecular weight is 212 g/mol. The first-order valence-electron chi connectivity index (χ1n) is 4.86. The van der Waals surface area contributed by atoms with Crippen LogP contribution < -0.4 is 0 Å². The summed E-state index contributed by atoms with van der Waals surface area (Å²) in [4.78, 5) is 11.0. The van der Waals surface area contributed by atoms with E-state index in [1.165, 1.54) is 0 Å². The van der Waals surface area contributed by atoms with Crippen molar-refractivity contribution in [1.82, 2.24) is 0 Å². The van der Waals surface area contributed by atoms with Gasteiger partial charge in [-0.05, 0) is 18.1 Å². The van der Waals surface area contributed by atoms with Crippen molar-refractivity contribution in [2.45, 2.75) is 26.4 Å². The van der Waals surface area contributed by atoms with Gasteiger partial charge in [-0.3, -0.25) is 4.79 Å². The normalized spacial score (nSPS) is 13.1. The van der Waals surface area contributed by atoms with E-state index in [4.69, 9.17) is 14.3 Å². The van der Waals surface area contributed by atoms with Crippen LogP contribution in [0.25, 0.3) is 0 Å². The van der Waals surface area contributed by atoms with Crippen molar-refractivity contribution >= 4 is 5.97 Å². The molecule has 1 atom stereocenters. The standard InChI is InChI=1S/C11H16O4/c1-7(2)10(11(12)13)9-5-4-8(15-9)6-14-3/h4-5,7,10H,6H2,1-3H3,(H,12,13). The van der Waals surface area contributed by atoms with E-state index in [-0.39, 0.29) is 5.92 Å². The van der Waals surface area contributed by atoms with Crippen molar-refractivity contribution in [1.29, 1.82) is 0 Å². The lowest BCUT2D eigenvalue weighted by atomic mass is 9.94. The Morgan fingerprint density at radius 1 is 1.53 bits per heavy atom. The highest BCUT2D eigenvalue weighted by Crippen LogP contribution is 2.26. The summed E-state index contributed by atoms with van der Waals surface area (Å²) in [5.74, 6) is -0.299. The third-order valence-electron chi connectivity index (χ3n) is 2.21. The van der Waals surface area contributed by atoms with E-state index in [9.17, 15) is 4.79 Å². The summed E-state index contributed by atoms with van der Waals surface area (Å²) in [5, 5.41) is 9.05. The van der Waals surface area contributed by atoms with Gasteiger partial charge in [0.2, 0.25) is 0 Å². The van der Waals surface area contributed by atoms with Crippen LogP contribution >= 0.6 is 0 Å². The SMILES string of the molecule is COCc1ccc(C(C(=O)O)C(C)C)o1. The third kappa shape index (κ3) is 2.83. The first-order valence-corrected chi connectivity index (χ1v) is 4.86. The number of hydrogen-bond donors (Lipinski definition) is 1. The Labute approximate surface area is 88.8 Å². The van der Waals surface area contributed by atoms with Crippen LogP contribution in [0.4, 0.5) is 0 Å². The molecule has 4 heteroatoms. The van der Waals surface area contributed by atoms with E-state index < -0.39 is 11.9 Å². The van der Waals surface area contributed by atoms with Gasteiger partial charge in [0, 0.05) is 7.11 Å². The molecule has 1 heterocycles. The van der Waals surface area contributed by atoms with E-state index in [1.807, 2.05) is 13.8 Å². The predicted molar refractivity (Wildman–Crippen MR) is 54.6 cm³/mol. The summed E-state index contributed by atoms with van der Waals surface area (Å²) in [6.45, 7) is 4.08. The number of hydrogen-bond acceptors (Lipinski definition) is 3. The van der Waals surface area contributed by atoms with Gasteiger partial charge in [0.25, 0.3) is 0 Å². The Kier molecular flexibility index (Phi) is 3.91. The summed E-state index contributed by atoms with van der Waals surface area (Å²) in [5.41, 5.74) is 0. The summed E-state index contributed by atoms with van der Waals surface area (Å²) in [6.07, 6.45) is 0. The molecule has 0 saturated heterocycles.